The minimum Gasteiger partial charge on any atom is -0.303 e. The fraction of sp³-hybridized carbons (Fsp3) is 0.150. The first-order chi connectivity index (χ1) is 13.5. The van der Waals surface area contributed by atoms with Gasteiger partial charge >= 0.3 is 6.03 Å². The smallest absolute Gasteiger partial charge is 0.303 e. The number of halogens is 1. The summed E-state index contributed by atoms with van der Waals surface area (Å²) in [5, 5.41) is 2.37. The molecule has 1 fully saturated rings. The summed E-state index contributed by atoms with van der Waals surface area (Å²) in [6, 6.07) is 14.6. The highest BCUT2D eigenvalue weighted by atomic mass is 19.1. The first kappa shape index (κ1) is 16.5. The predicted octanol–water partition coefficient (Wildman–Crippen LogP) is 2.19. The number of benzene rings is 2. The monoisotopic (exact) mass is 377 g/mol. The van der Waals surface area contributed by atoms with Gasteiger partial charge in [0.2, 0.25) is 5.96 Å². The van der Waals surface area contributed by atoms with Crippen molar-refractivity contribution in [1.82, 2.24) is 15.1 Å². The zero-order valence-electron chi connectivity index (χ0n) is 14.9. The van der Waals surface area contributed by atoms with Crippen molar-refractivity contribution in [2.75, 3.05) is 11.9 Å². The summed E-state index contributed by atoms with van der Waals surface area (Å²) >= 11 is 0. The molecule has 28 heavy (non-hydrogen) atoms. The van der Waals surface area contributed by atoms with E-state index in [0.29, 0.717) is 5.96 Å². The molecule has 0 aliphatic carbocycles. The number of carbonyl (C=O) groups excluding carboxylic acids is 2. The molecule has 2 unspecified atom stereocenters. The van der Waals surface area contributed by atoms with Crippen LogP contribution >= 0.6 is 0 Å². The van der Waals surface area contributed by atoms with Crippen LogP contribution < -0.4 is 10.2 Å². The van der Waals surface area contributed by atoms with Gasteiger partial charge in [0.25, 0.3) is 5.91 Å². The largest absolute Gasteiger partial charge is 0.325 e. The van der Waals surface area contributed by atoms with Crippen LogP contribution in [0, 0.1) is 5.82 Å². The van der Waals surface area contributed by atoms with E-state index in [1.807, 2.05) is 41.4 Å². The number of urea groups is 1. The normalized spacial score (nSPS) is 23.3. The molecule has 140 valence electrons. The number of nitrogens with zero attached hydrogens (tertiary/aromatic N) is 4. The standard InChI is InChI=1S/C20H16FN5O2/c1-24-17-16(18(27)23-20(24)28)25-11-15(12-7-9-13(21)10-8-12)26(19(25)22-17)14-5-3-2-4-6-14/h2-11,16-17H,1H3,(H,23,27,28). The number of aliphatic imine (C=N–C) groups is 1. The minimum atomic E-state index is -0.651. The number of rotatable bonds is 2. The molecule has 2 atom stereocenters. The molecule has 8 heteroatoms. The SMILES string of the molecule is CN1C(=O)NC(=O)C2C1N=C1N(c3ccccc3)C(c3ccc(F)cc3)=CN12. The predicted molar refractivity (Wildman–Crippen MR) is 101 cm³/mol. The zero-order valence-corrected chi connectivity index (χ0v) is 14.9. The van der Waals surface area contributed by atoms with Crippen LogP contribution in [0.1, 0.15) is 5.56 Å². The number of imide groups is 1. The average molecular weight is 377 g/mol. The Bertz CT molecular complexity index is 1030. The van der Waals surface area contributed by atoms with E-state index in [1.54, 1.807) is 24.1 Å². The number of carbonyl (C=O) groups is 2. The van der Waals surface area contributed by atoms with Crippen molar-refractivity contribution in [1.29, 1.82) is 0 Å². The molecular weight excluding hydrogens is 361 g/mol. The minimum absolute atomic E-state index is 0.321. The lowest BCUT2D eigenvalue weighted by Gasteiger charge is -2.34. The van der Waals surface area contributed by atoms with E-state index in [0.717, 1.165) is 16.9 Å². The first-order valence-corrected chi connectivity index (χ1v) is 8.81. The molecule has 5 rings (SSSR count). The molecule has 0 saturated carbocycles. The molecule has 3 amide bonds. The lowest BCUT2D eigenvalue weighted by atomic mass is 10.1. The van der Waals surface area contributed by atoms with Gasteiger partial charge in [-0.15, -0.1) is 0 Å². The van der Waals surface area contributed by atoms with Crippen molar-refractivity contribution < 1.29 is 14.0 Å². The fourth-order valence-corrected chi connectivity index (χ4v) is 3.74. The van der Waals surface area contributed by atoms with Gasteiger partial charge in [0.15, 0.2) is 12.2 Å². The van der Waals surface area contributed by atoms with E-state index in [-0.39, 0.29) is 5.82 Å². The molecule has 0 bridgehead atoms. The lowest BCUT2D eigenvalue weighted by molar-refractivity contribution is -0.126. The second-order valence-electron chi connectivity index (χ2n) is 6.79. The van der Waals surface area contributed by atoms with E-state index >= 15 is 0 Å². The molecule has 1 N–H and O–H groups in total. The Balaban J connectivity index is 1.64. The summed E-state index contributed by atoms with van der Waals surface area (Å²) < 4.78 is 13.4. The van der Waals surface area contributed by atoms with Gasteiger partial charge in [-0.1, -0.05) is 18.2 Å². The maximum absolute atomic E-state index is 13.4. The lowest BCUT2D eigenvalue weighted by Crippen LogP contribution is -2.62. The van der Waals surface area contributed by atoms with Crippen LogP contribution in [0.2, 0.25) is 0 Å². The van der Waals surface area contributed by atoms with Crippen LogP contribution in [0.3, 0.4) is 0 Å². The van der Waals surface area contributed by atoms with Gasteiger partial charge in [-0.2, -0.15) is 0 Å². The van der Waals surface area contributed by atoms with Gasteiger partial charge in [-0.05, 0) is 36.4 Å². The Labute approximate surface area is 160 Å². The second kappa shape index (κ2) is 5.91. The van der Waals surface area contributed by atoms with Gasteiger partial charge in [0, 0.05) is 24.5 Å². The summed E-state index contributed by atoms with van der Waals surface area (Å²) in [4.78, 5) is 34.3. The van der Waals surface area contributed by atoms with Gasteiger partial charge in [-0.3, -0.25) is 19.9 Å². The third-order valence-electron chi connectivity index (χ3n) is 5.13. The molecular formula is C20H16FN5O2. The highest BCUT2D eigenvalue weighted by Gasteiger charge is 2.52. The number of nitrogens with one attached hydrogen (secondary N) is 1. The van der Waals surface area contributed by atoms with Crippen LogP contribution in [-0.2, 0) is 4.79 Å². The van der Waals surface area contributed by atoms with Crippen LogP contribution in [0.5, 0.6) is 0 Å². The molecule has 3 aliphatic heterocycles. The van der Waals surface area contributed by atoms with E-state index in [9.17, 15) is 14.0 Å². The van der Waals surface area contributed by atoms with E-state index < -0.39 is 24.1 Å². The zero-order chi connectivity index (χ0) is 19.4. The van der Waals surface area contributed by atoms with Crippen LogP contribution in [-0.4, -0.2) is 47.0 Å². The average Bonchev–Trinajstić information content (AvgIpc) is 3.24. The van der Waals surface area contributed by atoms with Crippen molar-refractivity contribution in [3.05, 3.63) is 72.2 Å². The van der Waals surface area contributed by atoms with Crippen molar-refractivity contribution in [3.63, 3.8) is 0 Å². The van der Waals surface area contributed by atoms with Crippen LogP contribution in [0.15, 0.2) is 65.8 Å². The van der Waals surface area contributed by atoms with Crippen LogP contribution in [0.25, 0.3) is 5.70 Å². The summed E-state index contributed by atoms with van der Waals surface area (Å²) in [6.07, 6.45) is 1.22. The highest BCUT2D eigenvalue weighted by molar-refractivity contribution is 6.16. The van der Waals surface area contributed by atoms with Gasteiger partial charge in [0.1, 0.15) is 5.82 Å². The summed E-state index contributed by atoms with van der Waals surface area (Å²) in [5.74, 6) is -0.160. The summed E-state index contributed by atoms with van der Waals surface area (Å²) in [6.45, 7) is 0. The number of likely N-dealkylation sites (N-methyl/N-ethyl adjacent to an activating group) is 1. The van der Waals surface area contributed by atoms with Gasteiger partial charge in [-0.25, -0.2) is 14.2 Å². The van der Waals surface area contributed by atoms with E-state index in [4.69, 9.17) is 4.99 Å². The molecule has 0 spiro atoms. The molecule has 0 aromatic heterocycles. The van der Waals surface area contributed by atoms with Crippen LogP contribution in [0.4, 0.5) is 14.9 Å². The third kappa shape index (κ3) is 2.31. The van der Waals surface area contributed by atoms with Gasteiger partial charge in [0.05, 0.1) is 5.70 Å². The second-order valence-corrected chi connectivity index (χ2v) is 6.79. The van der Waals surface area contributed by atoms with Crippen molar-refractivity contribution in [2.45, 2.75) is 12.2 Å². The molecule has 3 aliphatic rings. The Kier molecular flexibility index (Phi) is 3.48. The summed E-state index contributed by atoms with van der Waals surface area (Å²) in [7, 11) is 1.61. The van der Waals surface area contributed by atoms with E-state index in [2.05, 4.69) is 5.32 Å². The quantitative estimate of drug-likeness (QED) is 0.871. The number of hydrogen-bond acceptors (Lipinski definition) is 5. The van der Waals surface area contributed by atoms with Crippen molar-refractivity contribution >= 4 is 29.3 Å². The number of para-hydroxylation sites is 1. The maximum Gasteiger partial charge on any atom is 0.325 e. The van der Waals surface area contributed by atoms with Crippen molar-refractivity contribution in [3.8, 4) is 0 Å². The maximum atomic E-state index is 13.4. The number of anilines is 1. The van der Waals surface area contributed by atoms with Gasteiger partial charge < -0.3 is 4.90 Å². The first-order valence-electron chi connectivity index (χ1n) is 8.81. The fourth-order valence-electron chi connectivity index (χ4n) is 3.74. The Morgan fingerprint density at radius 1 is 1.04 bits per heavy atom. The number of amides is 3. The molecule has 3 heterocycles. The highest BCUT2D eigenvalue weighted by Crippen LogP contribution is 2.38. The molecule has 0 radical (unpaired) electrons. The number of fused-ring (bicyclic) bond motifs is 3. The molecule has 2 aromatic carbocycles. The number of hydrogen-bond donors (Lipinski definition) is 1. The molecule has 1 saturated heterocycles. The van der Waals surface area contributed by atoms with Crippen molar-refractivity contribution in [2.24, 2.45) is 4.99 Å². The third-order valence-corrected chi connectivity index (χ3v) is 5.13. The Morgan fingerprint density at radius 3 is 2.46 bits per heavy atom. The topological polar surface area (TPSA) is 68.2 Å². The Morgan fingerprint density at radius 2 is 1.75 bits per heavy atom. The number of guanidine groups is 1. The Hall–Kier alpha value is -3.68. The molecule has 2 aromatic rings. The van der Waals surface area contributed by atoms with E-state index in [1.165, 1.54) is 17.0 Å². The summed E-state index contributed by atoms with van der Waals surface area (Å²) in [5.41, 5.74) is 2.42. The molecule has 7 nitrogen and oxygen atoms in total.